The number of primary amides is 1. The van der Waals surface area contributed by atoms with E-state index in [-0.39, 0.29) is 12.1 Å². The quantitative estimate of drug-likeness (QED) is 0.492. The molecule has 0 saturated carbocycles. The zero-order valence-electron chi connectivity index (χ0n) is 18.5. The predicted octanol–water partition coefficient (Wildman–Crippen LogP) is 3.23. The molecular weight excluding hydrogens is 390 g/mol. The van der Waals surface area contributed by atoms with Crippen LogP contribution in [0.1, 0.15) is 31.9 Å². The fourth-order valence-corrected chi connectivity index (χ4v) is 3.57. The minimum absolute atomic E-state index is 0.0866. The first-order valence-electron chi connectivity index (χ1n) is 10.8. The second-order valence-corrected chi connectivity index (χ2v) is 7.65. The minimum Gasteiger partial charge on any atom is -0.380 e. The van der Waals surface area contributed by atoms with E-state index in [1.165, 1.54) is 5.56 Å². The summed E-state index contributed by atoms with van der Waals surface area (Å²) in [6.07, 6.45) is 1.00. The molecule has 0 aliphatic carbocycles. The van der Waals surface area contributed by atoms with Crippen LogP contribution in [0.25, 0.3) is 22.0 Å². The molecule has 1 heterocycles. The summed E-state index contributed by atoms with van der Waals surface area (Å²) in [6, 6.07) is 16.1. The van der Waals surface area contributed by atoms with Crippen molar-refractivity contribution in [3.8, 4) is 11.1 Å². The van der Waals surface area contributed by atoms with Gasteiger partial charge in [0.15, 0.2) is 0 Å². The number of amides is 1. The van der Waals surface area contributed by atoms with E-state index in [9.17, 15) is 9.59 Å². The zero-order chi connectivity index (χ0) is 22.4. The highest BCUT2D eigenvalue weighted by atomic mass is 16.5. The predicted molar refractivity (Wildman–Crippen MR) is 125 cm³/mol. The molecule has 1 unspecified atom stereocenters. The molecular formula is C25H31N3O3. The van der Waals surface area contributed by atoms with Crippen LogP contribution < -0.4 is 16.6 Å². The van der Waals surface area contributed by atoms with Crippen molar-refractivity contribution in [3.63, 3.8) is 0 Å². The van der Waals surface area contributed by atoms with Gasteiger partial charge in [0.2, 0.25) is 5.91 Å². The monoisotopic (exact) mass is 421 g/mol. The van der Waals surface area contributed by atoms with Gasteiger partial charge in [-0.1, -0.05) is 37.3 Å². The third-order valence-corrected chi connectivity index (χ3v) is 5.55. The SMILES string of the molecule is CCOCCn1c(=O)c(CNC(C)C(N)=O)cc2cc(-c3ccc(CC)cc3)ccc21. The molecule has 3 rings (SSSR count). The maximum absolute atomic E-state index is 13.1. The van der Waals surface area contributed by atoms with E-state index >= 15 is 0 Å². The molecule has 0 saturated heterocycles. The van der Waals surface area contributed by atoms with Crippen LogP contribution in [-0.2, 0) is 29.0 Å². The molecule has 164 valence electrons. The van der Waals surface area contributed by atoms with Gasteiger partial charge in [0.1, 0.15) is 0 Å². The molecule has 1 aromatic heterocycles. The van der Waals surface area contributed by atoms with Crippen molar-refractivity contribution in [2.24, 2.45) is 5.73 Å². The van der Waals surface area contributed by atoms with Gasteiger partial charge < -0.3 is 20.4 Å². The van der Waals surface area contributed by atoms with Crippen LogP contribution >= 0.6 is 0 Å². The highest BCUT2D eigenvalue weighted by Gasteiger charge is 2.13. The Bertz CT molecular complexity index is 1100. The number of hydrogen-bond donors (Lipinski definition) is 2. The van der Waals surface area contributed by atoms with Gasteiger partial charge >= 0.3 is 0 Å². The van der Waals surface area contributed by atoms with Crippen LogP contribution in [0, 0.1) is 0 Å². The molecule has 0 bridgehead atoms. The van der Waals surface area contributed by atoms with E-state index < -0.39 is 11.9 Å². The number of fused-ring (bicyclic) bond motifs is 1. The molecule has 0 spiro atoms. The smallest absolute Gasteiger partial charge is 0.255 e. The van der Waals surface area contributed by atoms with Gasteiger partial charge in [-0.25, -0.2) is 0 Å². The molecule has 31 heavy (non-hydrogen) atoms. The number of carbonyl (C=O) groups is 1. The molecule has 2 aromatic carbocycles. The third kappa shape index (κ3) is 5.40. The van der Waals surface area contributed by atoms with Gasteiger partial charge in [-0.3, -0.25) is 9.59 Å². The highest BCUT2D eigenvalue weighted by molar-refractivity contribution is 5.85. The van der Waals surface area contributed by atoms with Gasteiger partial charge in [-0.2, -0.15) is 0 Å². The number of nitrogens with one attached hydrogen (secondary N) is 1. The fraction of sp³-hybridized carbons (Fsp3) is 0.360. The molecule has 3 aromatic rings. The fourth-order valence-electron chi connectivity index (χ4n) is 3.57. The molecule has 0 aliphatic heterocycles. The van der Waals surface area contributed by atoms with Crippen molar-refractivity contribution in [1.82, 2.24) is 9.88 Å². The Kier molecular flexibility index (Phi) is 7.60. The van der Waals surface area contributed by atoms with E-state index in [0.29, 0.717) is 25.3 Å². The molecule has 1 atom stereocenters. The molecule has 1 amide bonds. The van der Waals surface area contributed by atoms with Gasteiger partial charge in [-0.05, 0) is 60.5 Å². The summed E-state index contributed by atoms with van der Waals surface area (Å²) >= 11 is 0. The van der Waals surface area contributed by atoms with Crippen LogP contribution in [0.4, 0.5) is 0 Å². The Hall–Kier alpha value is -2.96. The van der Waals surface area contributed by atoms with Crippen LogP contribution in [0.2, 0.25) is 0 Å². The van der Waals surface area contributed by atoms with Gasteiger partial charge in [-0.15, -0.1) is 0 Å². The number of nitrogens with two attached hydrogens (primary N) is 1. The lowest BCUT2D eigenvalue weighted by Crippen LogP contribution is -2.39. The summed E-state index contributed by atoms with van der Waals surface area (Å²) in [6.45, 7) is 7.55. The Labute approximate surface area is 183 Å². The van der Waals surface area contributed by atoms with E-state index in [1.807, 2.05) is 25.1 Å². The first-order valence-corrected chi connectivity index (χ1v) is 10.8. The number of aryl methyl sites for hydroxylation is 1. The summed E-state index contributed by atoms with van der Waals surface area (Å²) in [5, 5.41) is 4.01. The van der Waals surface area contributed by atoms with Gasteiger partial charge in [0, 0.05) is 25.3 Å². The van der Waals surface area contributed by atoms with Crippen molar-refractivity contribution in [2.45, 2.75) is 46.3 Å². The summed E-state index contributed by atoms with van der Waals surface area (Å²) < 4.78 is 7.24. The van der Waals surface area contributed by atoms with Crippen molar-refractivity contribution >= 4 is 16.8 Å². The largest absolute Gasteiger partial charge is 0.380 e. The number of nitrogens with zero attached hydrogens (tertiary/aromatic N) is 1. The van der Waals surface area contributed by atoms with Crippen LogP contribution in [0.15, 0.2) is 53.3 Å². The third-order valence-electron chi connectivity index (χ3n) is 5.55. The second-order valence-electron chi connectivity index (χ2n) is 7.65. The molecule has 3 N–H and O–H groups in total. The number of ether oxygens (including phenoxy) is 1. The van der Waals surface area contributed by atoms with Crippen LogP contribution in [0.3, 0.4) is 0 Å². The average Bonchev–Trinajstić information content (AvgIpc) is 2.78. The maximum atomic E-state index is 13.1. The highest BCUT2D eigenvalue weighted by Crippen LogP contribution is 2.25. The Morgan fingerprint density at radius 1 is 1.10 bits per heavy atom. The summed E-state index contributed by atoms with van der Waals surface area (Å²) in [4.78, 5) is 24.5. The Morgan fingerprint density at radius 2 is 1.81 bits per heavy atom. The first-order chi connectivity index (χ1) is 14.9. The van der Waals surface area contributed by atoms with E-state index in [4.69, 9.17) is 10.5 Å². The van der Waals surface area contributed by atoms with E-state index in [0.717, 1.165) is 28.5 Å². The molecule has 0 aliphatic rings. The normalized spacial score (nSPS) is 12.2. The number of aromatic nitrogens is 1. The van der Waals surface area contributed by atoms with Gasteiger partial charge in [0.05, 0.1) is 18.2 Å². The van der Waals surface area contributed by atoms with Crippen LogP contribution in [-0.4, -0.2) is 29.7 Å². The number of benzene rings is 2. The Morgan fingerprint density at radius 3 is 2.45 bits per heavy atom. The zero-order valence-corrected chi connectivity index (χ0v) is 18.5. The second kappa shape index (κ2) is 10.4. The summed E-state index contributed by atoms with van der Waals surface area (Å²) in [7, 11) is 0. The van der Waals surface area contributed by atoms with Crippen molar-refractivity contribution in [3.05, 3.63) is 70.0 Å². The molecule has 6 nitrogen and oxygen atoms in total. The lowest BCUT2D eigenvalue weighted by Gasteiger charge is -2.16. The van der Waals surface area contributed by atoms with E-state index in [2.05, 4.69) is 42.6 Å². The number of pyridine rings is 1. The topological polar surface area (TPSA) is 86.3 Å². The van der Waals surface area contributed by atoms with Crippen molar-refractivity contribution < 1.29 is 9.53 Å². The molecule has 6 heteroatoms. The Balaban J connectivity index is 2.04. The van der Waals surface area contributed by atoms with Crippen molar-refractivity contribution in [2.75, 3.05) is 13.2 Å². The average molecular weight is 422 g/mol. The standard InChI is InChI=1S/C25H31N3O3/c1-4-18-6-8-19(9-7-18)20-10-11-23-21(14-20)15-22(16-27-17(3)24(26)29)25(30)28(23)12-13-31-5-2/h6-11,14-15,17,27H,4-5,12-13,16H2,1-3H3,(H2,26,29). The maximum Gasteiger partial charge on any atom is 0.255 e. The number of carbonyl (C=O) groups excluding carboxylic acids is 1. The number of hydrogen-bond acceptors (Lipinski definition) is 4. The minimum atomic E-state index is -0.518. The molecule has 0 fully saturated rings. The van der Waals surface area contributed by atoms with E-state index in [1.54, 1.807) is 11.5 Å². The summed E-state index contributed by atoms with van der Waals surface area (Å²) in [5.74, 6) is -0.449. The lowest BCUT2D eigenvalue weighted by atomic mass is 10.0. The summed E-state index contributed by atoms with van der Waals surface area (Å²) in [5.41, 5.74) is 10.2. The van der Waals surface area contributed by atoms with Gasteiger partial charge in [0.25, 0.3) is 5.56 Å². The van der Waals surface area contributed by atoms with Crippen molar-refractivity contribution in [1.29, 1.82) is 0 Å². The molecule has 0 radical (unpaired) electrons. The first kappa shape index (κ1) is 22.7. The lowest BCUT2D eigenvalue weighted by molar-refractivity contribution is -0.119. The number of rotatable bonds is 10. The van der Waals surface area contributed by atoms with Crippen LogP contribution in [0.5, 0.6) is 0 Å².